The van der Waals surface area contributed by atoms with Crippen molar-refractivity contribution >= 4 is 5.97 Å². The van der Waals surface area contributed by atoms with Gasteiger partial charge in [-0.3, -0.25) is 0 Å². The van der Waals surface area contributed by atoms with Crippen molar-refractivity contribution in [3.8, 4) is 0 Å². The van der Waals surface area contributed by atoms with Gasteiger partial charge in [-0.15, -0.1) is 0 Å². The van der Waals surface area contributed by atoms with Crippen LogP contribution >= 0.6 is 0 Å². The van der Waals surface area contributed by atoms with E-state index < -0.39 is 0 Å². The summed E-state index contributed by atoms with van der Waals surface area (Å²) >= 11 is 0. The molecule has 16 heavy (non-hydrogen) atoms. The van der Waals surface area contributed by atoms with Gasteiger partial charge in [0.25, 0.3) is 0 Å². The zero-order chi connectivity index (χ0) is 11.5. The van der Waals surface area contributed by atoms with E-state index in [1.807, 2.05) is 0 Å². The summed E-state index contributed by atoms with van der Waals surface area (Å²) in [7, 11) is 0. The van der Waals surface area contributed by atoms with Gasteiger partial charge in [0.05, 0.1) is 6.26 Å². The van der Waals surface area contributed by atoms with Crippen LogP contribution in [0.2, 0.25) is 0 Å². The summed E-state index contributed by atoms with van der Waals surface area (Å²) in [4.78, 5) is 11.7. The van der Waals surface area contributed by atoms with E-state index in [4.69, 9.17) is 9.15 Å². The normalized spacial score (nSPS) is 30.0. The maximum atomic E-state index is 11.7. The first-order chi connectivity index (χ1) is 7.65. The Morgan fingerprint density at radius 3 is 2.56 bits per heavy atom. The largest absolute Gasteiger partial charge is 0.457 e. The van der Waals surface area contributed by atoms with Crippen LogP contribution in [-0.2, 0) is 4.74 Å². The molecule has 0 aromatic carbocycles. The molecule has 2 atom stereocenters. The Labute approximate surface area is 95.8 Å². The molecular weight excluding hydrogens is 204 g/mol. The van der Waals surface area contributed by atoms with Gasteiger partial charge in [0, 0.05) is 0 Å². The molecule has 0 spiro atoms. The van der Waals surface area contributed by atoms with Crippen molar-refractivity contribution in [2.75, 3.05) is 0 Å². The predicted molar refractivity (Wildman–Crippen MR) is 60.1 cm³/mol. The molecule has 0 bridgehead atoms. The van der Waals surface area contributed by atoms with E-state index in [1.165, 1.54) is 12.7 Å². The van der Waals surface area contributed by atoms with E-state index in [0.717, 1.165) is 12.8 Å². The molecule has 1 aromatic rings. The van der Waals surface area contributed by atoms with Crippen molar-refractivity contribution in [3.63, 3.8) is 0 Å². The van der Waals surface area contributed by atoms with E-state index in [9.17, 15) is 4.79 Å². The second-order valence-electron chi connectivity index (χ2n) is 4.92. The number of rotatable bonds is 2. The van der Waals surface area contributed by atoms with Crippen LogP contribution < -0.4 is 0 Å². The Morgan fingerprint density at radius 1 is 1.31 bits per heavy atom. The molecule has 1 heterocycles. The van der Waals surface area contributed by atoms with Gasteiger partial charge >= 0.3 is 5.97 Å². The van der Waals surface area contributed by atoms with Crippen LogP contribution in [0.4, 0.5) is 0 Å². The van der Waals surface area contributed by atoms with Crippen LogP contribution in [0.1, 0.15) is 43.7 Å². The molecule has 88 valence electrons. The van der Waals surface area contributed by atoms with Crippen molar-refractivity contribution in [2.45, 2.75) is 39.2 Å². The smallest absolute Gasteiger partial charge is 0.374 e. The van der Waals surface area contributed by atoms with E-state index in [1.54, 1.807) is 12.1 Å². The van der Waals surface area contributed by atoms with Gasteiger partial charge in [0.2, 0.25) is 5.76 Å². The molecule has 0 radical (unpaired) electrons. The Bertz CT molecular complexity index is 332. The average molecular weight is 222 g/mol. The molecular formula is C13H18O3. The third-order valence-corrected chi connectivity index (χ3v) is 3.13. The maximum Gasteiger partial charge on any atom is 0.374 e. The summed E-state index contributed by atoms with van der Waals surface area (Å²) in [6, 6.07) is 3.33. The minimum absolute atomic E-state index is 0.0522. The van der Waals surface area contributed by atoms with Crippen LogP contribution in [0.3, 0.4) is 0 Å². The quantitative estimate of drug-likeness (QED) is 0.721. The number of furan rings is 1. The SMILES string of the molecule is C[C@@H]1CC(OC(=O)c2ccco2)C[C@@H](C)C1. The zero-order valence-corrected chi connectivity index (χ0v) is 9.81. The average Bonchev–Trinajstić information content (AvgIpc) is 2.68. The number of ether oxygens (including phenoxy) is 1. The molecule has 2 rings (SSSR count). The lowest BCUT2D eigenvalue weighted by molar-refractivity contribution is 0.00500. The van der Waals surface area contributed by atoms with Gasteiger partial charge in [-0.25, -0.2) is 4.79 Å². The van der Waals surface area contributed by atoms with Gasteiger partial charge < -0.3 is 9.15 Å². The molecule has 1 aromatic heterocycles. The molecule has 1 aliphatic rings. The first kappa shape index (κ1) is 11.2. The highest BCUT2D eigenvalue weighted by Gasteiger charge is 2.27. The van der Waals surface area contributed by atoms with Crippen LogP contribution in [0.25, 0.3) is 0 Å². The zero-order valence-electron chi connectivity index (χ0n) is 9.81. The van der Waals surface area contributed by atoms with E-state index in [2.05, 4.69) is 13.8 Å². The van der Waals surface area contributed by atoms with Crippen LogP contribution in [0.15, 0.2) is 22.8 Å². The summed E-state index contributed by atoms with van der Waals surface area (Å²) in [6.07, 6.45) is 4.71. The Kier molecular flexibility index (Phi) is 3.32. The second kappa shape index (κ2) is 4.73. The van der Waals surface area contributed by atoms with E-state index >= 15 is 0 Å². The number of hydrogen-bond donors (Lipinski definition) is 0. The summed E-state index contributed by atoms with van der Waals surface area (Å²) < 4.78 is 10.5. The van der Waals surface area contributed by atoms with Gasteiger partial charge in [0.1, 0.15) is 6.10 Å². The minimum Gasteiger partial charge on any atom is -0.457 e. The van der Waals surface area contributed by atoms with Gasteiger partial charge in [-0.1, -0.05) is 13.8 Å². The molecule has 3 nitrogen and oxygen atoms in total. The fraction of sp³-hybridized carbons (Fsp3) is 0.615. The Morgan fingerprint density at radius 2 is 2.00 bits per heavy atom. The Hall–Kier alpha value is -1.25. The molecule has 1 aliphatic carbocycles. The Balaban J connectivity index is 1.92. The lowest BCUT2D eigenvalue weighted by Gasteiger charge is -2.30. The van der Waals surface area contributed by atoms with Crippen LogP contribution in [0.5, 0.6) is 0 Å². The molecule has 1 fully saturated rings. The highest BCUT2D eigenvalue weighted by molar-refractivity contribution is 5.86. The lowest BCUT2D eigenvalue weighted by atomic mass is 9.82. The maximum absolute atomic E-state index is 11.7. The number of esters is 1. The standard InChI is InChI=1S/C13H18O3/c1-9-6-10(2)8-11(7-9)16-13(14)12-4-3-5-15-12/h3-5,9-11H,6-8H2,1-2H3/t9-,10-/m0/s1. The topological polar surface area (TPSA) is 39.4 Å². The number of hydrogen-bond acceptors (Lipinski definition) is 3. The minimum atomic E-state index is -0.337. The van der Waals surface area contributed by atoms with E-state index in [-0.39, 0.29) is 12.1 Å². The summed E-state index contributed by atoms with van der Waals surface area (Å²) in [5.41, 5.74) is 0. The molecule has 0 aliphatic heterocycles. The van der Waals surface area contributed by atoms with Crippen LogP contribution in [-0.4, -0.2) is 12.1 Å². The third-order valence-electron chi connectivity index (χ3n) is 3.13. The first-order valence-electron chi connectivity index (χ1n) is 5.89. The molecule has 1 saturated carbocycles. The summed E-state index contributed by atoms with van der Waals surface area (Å²) in [5.74, 6) is 1.23. The number of carbonyl (C=O) groups excluding carboxylic acids is 1. The van der Waals surface area contributed by atoms with Crippen molar-refractivity contribution in [3.05, 3.63) is 24.2 Å². The van der Waals surface area contributed by atoms with Crippen molar-refractivity contribution in [1.29, 1.82) is 0 Å². The summed E-state index contributed by atoms with van der Waals surface area (Å²) in [5, 5.41) is 0. The van der Waals surface area contributed by atoms with Gasteiger partial charge in [-0.05, 0) is 43.2 Å². The predicted octanol–water partition coefficient (Wildman–Crippen LogP) is 3.26. The molecule has 0 N–H and O–H groups in total. The first-order valence-corrected chi connectivity index (χ1v) is 5.89. The lowest BCUT2D eigenvalue weighted by Crippen LogP contribution is -2.28. The van der Waals surface area contributed by atoms with Gasteiger partial charge in [0.15, 0.2) is 0 Å². The molecule has 0 unspecified atom stereocenters. The molecule has 3 heteroatoms. The highest BCUT2D eigenvalue weighted by Crippen LogP contribution is 2.30. The third kappa shape index (κ3) is 2.65. The molecule has 0 saturated heterocycles. The second-order valence-corrected chi connectivity index (χ2v) is 4.92. The van der Waals surface area contributed by atoms with Crippen molar-refractivity contribution < 1.29 is 13.9 Å². The number of carbonyl (C=O) groups is 1. The van der Waals surface area contributed by atoms with Crippen molar-refractivity contribution in [1.82, 2.24) is 0 Å². The fourth-order valence-corrected chi connectivity index (χ4v) is 2.57. The highest BCUT2D eigenvalue weighted by atomic mass is 16.6. The van der Waals surface area contributed by atoms with Crippen LogP contribution in [0, 0.1) is 11.8 Å². The monoisotopic (exact) mass is 222 g/mol. The van der Waals surface area contributed by atoms with Crippen molar-refractivity contribution in [2.24, 2.45) is 11.8 Å². The van der Waals surface area contributed by atoms with Gasteiger partial charge in [-0.2, -0.15) is 0 Å². The summed E-state index contributed by atoms with van der Waals surface area (Å²) in [6.45, 7) is 4.42. The molecule has 0 amide bonds. The van der Waals surface area contributed by atoms with E-state index in [0.29, 0.717) is 17.6 Å². The fourth-order valence-electron chi connectivity index (χ4n) is 2.57.